The number of carbonyl (C=O) groups excluding carboxylic acids is 1. The van der Waals surface area contributed by atoms with Crippen LogP contribution in [-0.2, 0) is 0 Å². The number of benzene rings is 1. The number of phenolic OH excluding ortho intramolecular Hbond substituents is 1. The second-order valence-corrected chi connectivity index (χ2v) is 4.55. The second-order valence-electron chi connectivity index (χ2n) is 4.55. The number of carbonyl (C=O) groups is 1. The van der Waals surface area contributed by atoms with Gasteiger partial charge in [0.05, 0.1) is 6.04 Å². The van der Waals surface area contributed by atoms with Crippen molar-refractivity contribution in [3.05, 3.63) is 29.3 Å². The van der Waals surface area contributed by atoms with Gasteiger partial charge in [0.15, 0.2) is 0 Å². The van der Waals surface area contributed by atoms with Crippen LogP contribution in [0.4, 0.5) is 0 Å². The van der Waals surface area contributed by atoms with Crippen molar-refractivity contribution in [2.75, 3.05) is 26.7 Å². The predicted octanol–water partition coefficient (Wildman–Crippen LogP) is 0.835. The lowest BCUT2D eigenvalue weighted by Gasteiger charge is -2.35. The predicted molar refractivity (Wildman–Crippen MR) is 59.4 cm³/mol. The van der Waals surface area contributed by atoms with Crippen LogP contribution in [0.3, 0.4) is 0 Å². The summed E-state index contributed by atoms with van der Waals surface area (Å²) in [7, 11) is 2.07. The molecule has 1 aromatic carbocycles. The van der Waals surface area contributed by atoms with E-state index in [1.807, 2.05) is 11.0 Å². The zero-order valence-corrected chi connectivity index (χ0v) is 9.18. The minimum Gasteiger partial charge on any atom is -0.508 e. The molecule has 1 N–H and O–H groups in total. The molecule has 0 aromatic heterocycles. The van der Waals surface area contributed by atoms with Gasteiger partial charge in [-0.25, -0.2) is 0 Å². The molecular weight excluding hydrogens is 204 g/mol. The third-order valence-corrected chi connectivity index (χ3v) is 3.47. The molecule has 1 amide bonds. The first-order valence-electron chi connectivity index (χ1n) is 5.49. The van der Waals surface area contributed by atoms with Crippen molar-refractivity contribution >= 4 is 5.91 Å². The van der Waals surface area contributed by atoms with Gasteiger partial charge in [-0.2, -0.15) is 0 Å². The molecular formula is C12H14N2O2. The van der Waals surface area contributed by atoms with E-state index in [2.05, 4.69) is 11.9 Å². The van der Waals surface area contributed by atoms with Gasteiger partial charge in [0, 0.05) is 25.2 Å². The molecule has 16 heavy (non-hydrogen) atoms. The van der Waals surface area contributed by atoms with Crippen LogP contribution in [0, 0.1) is 0 Å². The number of phenols is 1. The molecule has 0 saturated carbocycles. The highest BCUT2D eigenvalue weighted by molar-refractivity contribution is 5.99. The maximum atomic E-state index is 12.1. The molecule has 0 radical (unpaired) electrons. The lowest BCUT2D eigenvalue weighted by Crippen LogP contribution is -2.45. The van der Waals surface area contributed by atoms with Crippen LogP contribution < -0.4 is 0 Å². The number of hydrogen-bond acceptors (Lipinski definition) is 3. The number of rotatable bonds is 0. The summed E-state index contributed by atoms with van der Waals surface area (Å²) in [4.78, 5) is 16.2. The van der Waals surface area contributed by atoms with Gasteiger partial charge in [0.1, 0.15) is 5.75 Å². The van der Waals surface area contributed by atoms with Gasteiger partial charge >= 0.3 is 0 Å². The highest BCUT2D eigenvalue weighted by atomic mass is 16.3. The molecule has 84 valence electrons. The van der Waals surface area contributed by atoms with Crippen molar-refractivity contribution in [2.24, 2.45) is 0 Å². The van der Waals surface area contributed by atoms with E-state index in [-0.39, 0.29) is 17.7 Å². The zero-order chi connectivity index (χ0) is 11.3. The molecule has 2 heterocycles. The summed E-state index contributed by atoms with van der Waals surface area (Å²) in [5, 5.41) is 9.42. The summed E-state index contributed by atoms with van der Waals surface area (Å²) in [5.41, 5.74) is 1.72. The van der Waals surface area contributed by atoms with Crippen LogP contribution >= 0.6 is 0 Å². The summed E-state index contributed by atoms with van der Waals surface area (Å²) in [6, 6.07) is 5.27. The minimum atomic E-state index is 0.0593. The summed E-state index contributed by atoms with van der Waals surface area (Å²) in [6.07, 6.45) is 0. The van der Waals surface area contributed by atoms with Crippen molar-refractivity contribution in [3.8, 4) is 5.75 Å². The Kier molecular flexibility index (Phi) is 1.94. The zero-order valence-electron chi connectivity index (χ0n) is 9.18. The molecule has 4 heteroatoms. The molecule has 0 spiro atoms. The largest absolute Gasteiger partial charge is 0.508 e. The Bertz CT molecular complexity index is 458. The van der Waals surface area contributed by atoms with Crippen LogP contribution in [-0.4, -0.2) is 47.5 Å². The minimum absolute atomic E-state index is 0.0593. The van der Waals surface area contributed by atoms with Gasteiger partial charge in [0.25, 0.3) is 5.91 Å². The topological polar surface area (TPSA) is 43.8 Å². The van der Waals surface area contributed by atoms with Crippen molar-refractivity contribution in [3.63, 3.8) is 0 Å². The maximum Gasteiger partial charge on any atom is 0.254 e. The van der Waals surface area contributed by atoms with Crippen LogP contribution in [0.15, 0.2) is 18.2 Å². The van der Waals surface area contributed by atoms with E-state index in [0.717, 1.165) is 25.2 Å². The molecule has 1 saturated heterocycles. The number of aromatic hydroxyl groups is 1. The standard InChI is InChI=1S/C12H14N2O2/c1-13-4-5-14-11(7-13)9-3-2-8(15)6-10(9)12(14)16/h2-3,6,11,15H,4-5,7H2,1H3. The smallest absolute Gasteiger partial charge is 0.254 e. The highest BCUT2D eigenvalue weighted by Crippen LogP contribution is 2.37. The average Bonchev–Trinajstić information content (AvgIpc) is 2.52. The van der Waals surface area contributed by atoms with E-state index in [1.54, 1.807) is 12.1 Å². The third-order valence-electron chi connectivity index (χ3n) is 3.47. The van der Waals surface area contributed by atoms with E-state index >= 15 is 0 Å². The second kappa shape index (κ2) is 3.22. The molecule has 1 aromatic rings. The Balaban J connectivity index is 2.07. The van der Waals surface area contributed by atoms with Gasteiger partial charge < -0.3 is 14.9 Å². The Labute approximate surface area is 94.1 Å². The van der Waals surface area contributed by atoms with E-state index in [9.17, 15) is 9.90 Å². The molecule has 1 atom stereocenters. The fourth-order valence-electron chi connectivity index (χ4n) is 2.60. The fraction of sp³-hybridized carbons (Fsp3) is 0.417. The van der Waals surface area contributed by atoms with Crippen LogP contribution in [0.25, 0.3) is 0 Å². The Morgan fingerprint density at radius 1 is 1.38 bits per heavy atom. The molecule has 1 unspecified atom stereocenters. The first kappa shape index (κ1) is 9.66. The highest BCUT2D eigenvalue weighted by Gasteiger charge is 2.39. The lowest BCUT2D eigenvalue weighted by molar-refractivity contribution is 0.0570. The van der Waals surface area contributed by atoms with E-state index in [0.29, 0.717) is 5.56 Å². The summed E-state index contributed by atoms with van der Waals surface area (Å²) >= 11 is 0. The van der Waals surface area contributed by atoms with Gasteiger partial charge in [-0.15, -0.1) is 0 Å². The first-order chi connectivity index (χ1) is 7.66. The Morgan fingerprint density at radius 2 is 2.19 bits per heavy atom. The van der Waals surface area contributed by atoms with Crippen LogP contribution in [0.1, 0.15) is 22.0 Å². The lowest BCUT2D eigenvalue weighted by atomic mass is 10.0. The number of piperazine rings is 1. The van der Waals surface area contributed by atoms with Gasteiger partial charge in [-0.05, 0) is 24.7 Å². The van der Waals surface area contributed by atoms with Crippen molar-refractivity contribution in [1.29, 1.82) is 0 Å². The van der Waals surface area contributed by atoms with Crippen molar-refractivity contribution in [2.45, 2.75) is 6.04 Å². The molecule has 0 aliphatic carbocycles. The third kappa shape index (κ3) is 1.23. The molecule has 3 rings (SSSR count). The molecule has 1 fully saturated rings. The maximum absolute atomic E-state index is 12.1. The number of fused-ring (bicyclic) bond motifs is 3. The van der Waals surface area contributed by atoms with Gasteiger partial charge in [-0.3, -0.25) is 4.79 Å². The number of hydrogen-bond donors (Lipinski definition) is 1. The molecule has 0 bridgehead atoms. The monoisotopic (exact) mass is 218 g/mol. The summed E-state index contributed by atoms with van der Waals surface area (Å²) < 4.78 is 0. The van der Waals surface area contributed by atoms with Crippen LogP contribution in [0.5, 0.6) is 5.75 Å². The van der Waals surface area contributed by atoms with E-state index < -0.39 is 0 Å². The normalized spacial score (nSPS) is 24.4. The summed E-state index contributed by atoms with van der Waals surface area (Å²) in [5.74, 6) is 0.226. The van der Waals surface area contributed by atoms with Crippen LogP contribution in [0.2, 0.25) is 0 Å². The van der Waals surface area contributed by atoms with Gasteiger partial charge in [-0.1, -0.05) is 6.07 Å². The number of likely N-dealkylation sites (N-methyl/N-ethyl adjacent to an activating group) is 1. The van der Waals surface area contributed by atoms with Crippen molar-refractivity contribution < 1.29 is 9.90 Å². The Morgan fingerprint density at radius 3 is 3.00 bits per heavy atom. The molecule has 4 nitrogen and oxygen atoms in total. The first-order valence-corrected chi connectivity index (χ1v) is 5.49. The average molecular weight is 218 g/mol. The Hall–Kier alpha value is -1.55. The van der Waals surface area contributed by atoms with Gasteiger partial charge in [0.2, 0.25) is 0 Å². The fourth-order valence-corrected chi connectivity index (χ4v) is 2.60. The van der Waals surface area contributed by atoms with E-state index in [1.165, 1.54) is 0 Å². The quantitative estimate of drug-likeness (QED) is 0.701. The van der Waals surface area contributed by atoms with Crippen molar-refractivity contribution in [1.82, 2.24) is 9.80 Å². The number of nitrogens with zero attached hydrogens (tertiary/aromatic N) is 2. The number of amides is 1. The molecule has 2 aliphatic heterocycles. The van der Waals surface area contributed by atoms with E-state index in [4.69, 9.17) is 0 Å². The summed E-state index contributed by atoms with van der Waals surface area (Å²) in [6.45, 7) is 2.57. The SMILES string of the molecule is CN1CCN2C(=O)c3cc(O)ccc3C2C1. The molecule has 2 aliphatic rings.